The first-order chi connectivity index (χ1) is 6.08. The predicted octanol–water partition coefficient (Wildman–Crippen LogP) is 2.96. The Bertz CT molecular complexity index is 273. The number of rotatable bonds is 2. The summed E-state index contributed by atoms with van der Waals surface area (Å²) in [6.45, 7) is 2.25. The second-order valence-electron chi connectivity index (χ2n) is 2.71. The lowest BCUT2D eigenvalue weighted by molar-refractivity contribution is -0.144. The molecule has 0 saturated heterocycles. The van der Waals surface area contributed by atoms with Crippen molar-refractivity contribution in [2.75, 3.05) is 6.61 Å². The zero-order valence-electron chi connectivity index (χ0n) is 7.22. The monoisotopic (exact) mass is 356 g/mol. The van der Waals surface area contributed by atoms with Crippen molar-refractivity contribution in [3.8, 4) is 0 Å². The number of carbonyl (C=O) groups is 1. The van der Waals surface area contributed by atoms with Crippen molar-refractivity contribution in [3.05, 3.63) is 22.7 Å². The van der Waals surface area contributed by atoms with Crippen LogP contribution in [-0.4, -0.2) is 16.0 Å². The number of hydrogen-bond donors (Lipinski definition) is 0. The van der Waals surface area contributed by atoms with Gasteiger partial charge in [0.25, 0.3) is 0 Å². The SMILES string of the molecule is CCOC(=O)C1(I)C=CC(Br)=CC1. The molecule has 0 radical (unpaired) electrons. The van der Waals surface area contributed by atoms with Gasteiger partial charge >= 0.3 is 5.97 Å². The normalized spacial score (nSPS) is 26.8. The smallest absolute Gasteiger partial charge is 0.326 e. The van der Waals surface area contributed by atoms with Crippen LogP contribution < -0.4 is 0 Å². The maximum absolute atomic E-state index is 11.5. The molecule has 0 aromatic rings. The highest BCUT2D eigenvalue weighted by molar-refractivity contribution is 14.1. The fourth-order valence-corrected chi connectivity index (χ4v) is 1.85. The molecule has 13 heavy (non-hydrogen) atoms. The molecule has 0 amide bonds. The standard InChI is InChI=1S/C9H10BrIO2/c1-2-13-8(12)9(11)5-3-7(10)4-6-9/h3-5H,2,6H2,1H3. The number of carbonyl (C=O) groups excluding carboxylic acids is 1. The highest BCUT2D eigenvalue weighted by atomic mass is 127. The second kappa shape index (κ2) is 4.59. The van der Waals surface area contributed by atoms with E-state index in [4.69, 9.17) is 4.74 Å². The molecule has 0 aromatic carbocycles. The van der Waals surface area contributed by atoms with Crippen LogP contribution in [0.1, 0.15) is 13.3 Å². The highest BCUT2D eigenvalue weighted by Gasteiger charge is 2.34. The van der Waals surface area contributed by atoms with Gasteiger partial charge in [-0.2, -0.15) is 0 Å². The number of allylic oxidation sites excluding steroid dienone is 3. The molecule has 1 unspecified atom stereocenters. The van der Waals surface area contributed by atoms with Crippen molar-refractivity contribution in [2.45, 2.75) is 16.8 Å². The van der Waals surface area contributed by atoms with Crippen molar-refractivity contribution >= 4 is 44.5 Å². The van der Waals surface area contributed by atoms with Crippen LogP contribution in [0.2, 0.25) is 0 Å². The van der Waals surface area contributed by atoms with Crippen LogP contribution in [0.25, 0.3) is 0 Å². The average molecular weight is 357 g/mol. The molecule has 1 atom stereocenters. The van der Waals surface area contributed by atoms with Crippen LogP contribution in [0.3, 0.4) is 0 Å². The van der Waals surface area contributed by atoms with E-state index in [-0.39, 0.29) is 5.97 Å². The van der Waals surface area contributed by atoms with Gasteiger partial charge in [-0.1, -0.05) is 56.7 Å². The predicted molar refractivity (Wildman–Crippen MR) is 64.2 cm³/mol. The van der Waals surface area contributed by atoms with Crippen LogP contribution >= 0.6 is 38.5 Å². The summed E-state index contributed by atoms with van der Waals surface area (Å²) in [4.78, 5) is 11.5. The summed E-state index contributed by atoms with van der Waals surface area (Å²) in [7, 11) is 0. The largest absolute Gasteiger partial charge is 0.465 e. The molecular weight excluding hydrogens is 347 g/mol. The van der Waals surface area contributed by atoms with Crippen molar-refractivity contribution in [2.24, 2.45) is 0 Å². The molecule has 0 heterocycles. The van der Waals surface area contributed by atoms with Crippen LogP contribution in [0, 0.1) is 0 Å². The van der Waals surface area contributed by atoms with Crippen molar-refractivity contribution in [3.63, 3.8) is 0 Å². The van der Waals surface area contributed by atoms with Gasteiger partial charge < -0.3 is 4.74 Å². The molecule has 0 bridgehead atoms. The molecule has 0 fully saturated rings. The van der Waals surface area contributed by atoms with Crippen molar-refractivity contribution in [1.29, 1.82) is 0 Å². The Labute approximate surface area is 99.7 Å². The van der Waals surface area contributed by atoms with Crippen LogP contribution in [0.15, 0.2) is 22.7 Å². The molecule has 0 N–H and O–H groups in total. The zero-order valence-corrected chi connectivity index (χ0v) is 11.0. The average Bonchev–Trinajstić information content (AvgIpc) is 2.11. The Hall–Kier alpha value is 0.160. The van der Waals surface area contributed by atoms with Crippen LogP contribution in [0.4, 0.5) is 0 Å². The maximum Gasteiger partial charge on any atom is 0.326 e. The molecule has 0 aliphatic heterocycles. The zero-order chi connectivity index (χ0) is 9.90. The van der Waals surface area contributed by atoms with E-state index in [1.54, 1.807) is 0 Å². The third kappa shape index (κ3) is 2.80. The molecule has 1 aliphatic carbocycles. The molecule has 0 spiro atoms. The number of hydrogen-bond acceptors (Lipinski definition) is 2. The van der Waals surface area contributed by atoms with E-state index in [0.29, 0.717) is 13.0 Å². The van der Waals surface area contributed by atoms with Gasteiger partial charge in [0.05, 0.1) is 6.61 Å². The molecule has 2 nitrogen and oxygen atoms in total. The molecule has 1 rings (SSSR count). The Morgan fingerprint density at radius 3 is 3.00 bits per heavy atom. The van der Waals surface area contributed by atoms with Gasteiger partial charge in [0.15, 0.2) is 0 Å². The summed E-state index contributed by atoms with van der Waals surface area (Å²) < 4.78 is 5.49. The third-order valence-electron chi connectivity index (χ3n) is 1.72. The minimum atomic E-state index is -0.509. The first kappa shape index (κ1) is 11.2. The number of halogens is 2. The van der Waals surface area contributed by atoms with Crippen molar-refractivity contribution < 1.29 is 9.53 Å². The van der Waals surface area contributed by atoms with Crippen LogP contribution in [0.5, 0.6) is 0 Å². The van der Waals surface area contributed by atoms with Gasteiger partial charge in [0.1, 0.15) is 3.42 Å². The Kier molecular flexibility index (Phi) is 3.97. The van der Waals surface area contributed by atoms with Gasteiger partial charge in [-0.25, -0.2) is 0 Å². The lowest BCUT2D eigenvalue weighted by Gasteiger charge is -2.22. The van der Waals surface area contributed by atoms with Crippen molar-refractivity contribution in [1.82, 2.24) is 0 Å². The highest BCUT2D eigenvalue weighted by Crippen LogP contribution is 2.33. The van der Waals surface area contributed by atoms with E-state index in [1.165, 1.54) is 0 Å². The van der Waals surface area contributed by atoms with Gasteiger partial charge in [0.2, 0.25) is 0 Å². The van der Waals surface area contributed by atoms with E-state index in [1.807, 2.05) is 25.2 Å². The first-order valence-corrected chi connectivity index (χ1v) is 5.86. The number of esters is 1. The summed E-state index contributed by atoms with van der Waals surface area (Å²) in [5.74, 6) is -0.164. The maximum atomic E-state index is 11.5. The van der Waals surface area contributed by atoms with Gasteiger partial charge in [-0.15, -0.1) is 0 Å². The van der Waals surface area contributed by atoms with Gasteiger partial charge in [-0.05, 0) is 13.3 Å². The summed E-state index contributed by atoms with van der Waals surface area (Å²) in [5.41, 5.74) is 0. The summed E-state index contributed by atoms with van der Waals surface area (Å²) in [6.07, 6.45) is 6.41. The number of ether oxygens (including phenoxy) is 1. The van der Waals surface area contributed by atoms with Gasteiger partial charge in [-0.3, -0.25) is 4.79 Å². The minimum Gasteiger partial charge on any atom is -0.465 e. The molecule has 0 saturated carbocycles. The Morgan fingerprint density at radius 2 is 2.54 bits per heavy atom. The third-order valence-corrected chi connectivity index (χ3v) is 3.54. The van der Waals surface area contributed by atoms with E-state index in [2.05, 4.69) is 38.5 Å². The fourth-order valence-electron chi connectivity index (χ4n) is 0.996. The molecule has 0 aromatic heterocycles. The first-order valence-electron chi connectivity index (χ1n) is 3.99. The second-order valence-corrected chi connectivity index (χ2v) is 5.55. The van der Waals surface area contributed by atoms with E-state index < -0.39 is 3.42 Å². The quantitative estimate of drug-likeness (QED) is 0.432. The Morgan fingerprint density at radius 1 is 1.85 bits per heavy atom. The lowest BCUT2D eigenvalue weighted by atomic mass is 10.0. The fraction of sp³-hybridized carbons (Fsp3) is 0.444. The summed E-state index contributed by atoms with van der Waals surface area (Å²) >= 11 is 5.47. The lowest BCUT2D eigenvalue weighted by Crippen LogP contribution is -2.32. The minimum absolute atomic E-state index is 0.164. The molecule has 1 aliphatic rings. The van der Waals surface area contributed by atoms with Crippen LogP contribution in [-0.2, 0) is 9.53 Å². The summed E-state index contributed by atoms with van der Waals surface area (Å²) in [6, 6.07) is 0. The molecule has 72 valence electrons. The van der Waals surface area contributed by atoms with Gasteiger partial charge in [0, 0.05) is 4.48 Å². The molecule has 4 heteroatoms. The van der Waals surface area contributed by atoms with E-state index in [0.717, 1.165) is 4.48 Å². The summed E-state index contributed by atoms with van der Waals surface area (Å²) in [5, 5.41) is 0. The van der Waals surface area contributed by atoms with E-state index >= 15 is 0 Å². The molecular formula is C9H10BrIO2. The van der Waals surface area contributed by atoms with E-state index in [9.17, 15) is 4.79 Å². The Balaban J connectivity index is 2.70. The topological polar surface area (TPSA) is 26.3 Å². The number of alkyl halides is 1.